The van der Waals surface area contributed by atoms with Crippen molar-refractivity contribution in [3.05, 3.63) is 16.1 Å². The lowest BCUT2D eigenvalue weighted by Gasteiger charge is -2.22. The molecular weight excluding hydrogens is 306 g/mol. The van der Waals surface area contributed by atoms with Crippen molar-refractivity contribution in [1.29, 1.82) is 0 Å². The second-order valence-electron chi connectivity index (χ2n) is 6.57. The minimum Gasteiger partial charge on any atom is -0.354 e. The van der Waals surface area contributed by atoms with E-state index in [4.69, 9.17) is 5.73 Å². The number of rotatable bonds is 6. The van der Waals surface area contributed by atoms with E-state index in [9.17, 15) is 4.79 Å². The highest BCUT2D eigenvalue weighted by atomic mass is 35.5. The Morgan fingerprint density at radius 3 is 2.48 bits per heavy atom. The Morgan fingerprint density at radius 2 is 2.00 bits per heavy atom. The molecule has 3 N–H and O–H groups in total. The van der Waals surface area contributed by atoms with E-state index in [1.807, 2.05) is 6.92 Å². The molecular formula is C15H28ClN3OS. The number of nitrogens with one attached hydrogen (secondary N) is 1. The van der Waals surface area contributed by atoms with Crippen molar-refractivity contribution in [1.82, 2.24) is 10.3 Å². The van der Waals surface area contributed by atoms with Crippen LogP contribution in [0, 0.1) is 0 Å². The monoisotopic (exact) mass is 333 g/mol. The van der Waals surface area contributed by atoms with Crippen LogP contribution in [0.15, 0.2) is 5.38 Å². The summed E-state index contributed by atoms with van der Waals surface area (Å²) in [7, 11) is 0. The highest BCUT2D eigenvalue weighted by Crippen LogP contribution is 2.25. The van der Waals surface area contributed by atoms with Gasteiger partial charge in [-0.3, -0.25) is 4.79 Å². The quantitative estimate of drug-likeness (QED) is 0.840. The number of thiazole rings is 1. The molecule has 1 heterocycles. The first-order valence-electron chi connectivity index (χ1n) is 7.19. The third-order valence-corrected chi connectivity index (χ3v) is 4.46. The Bertz CT molecular complexity index is 452. The van der Waals surface area contributed by atoms with Crippen molar-refractivity contribution < 1.29 is 4.79 Å². The van der Waals surface area contributed by atoms with Crippen LogP contribution < -0.4 is 11.1 Å². The predicted molar refractivity (Wildman–Crippen MR) is 92.3 cm³/mol. The first-order chi connectivity index (χ1) is 9.16. The van der Waals surface area contributed by atoms with E-state index in [1.54, 1.807) is 18.3 Å². The van der Waals surface area contributed by atoms with Gasteiger partial charge in [0.25, 0.3) is 0 Å². The van der Waals surface area contributed by atoms with E-state index in [0.717, 1.165) is 23.5 Å². The lowest BCUT2D eigenvalue weighted by molar-refractivity contribution is -0.126. The van der Waals surface area contributed by atoms with Gasteiger partial charge in [0.1, 0.15) is 0 Å². The van der Waals surface area contributed by atoms with Gasteiger partial charge in [0.05, 0.1) is 16.2 Å². The molecule has 1 rings (SSSR count). The van der Waals surface area contributed by atoms with Gasteiger partial charge >= 0.3 is 0 Å². The molecule has 0 saturated carbocycles. The molecule has 6 heteroatoms. The number of hydrogen-bond donors (Lipinski definition) is 2. The topological polar surface area (TPSA) is 68.0 Å². The summed E-state index contributed by atoms with van der Waals surface area (Å²) in [5.74, 6) is -0.0781. The molecule has 21 heavy (non-hydrogen) atoms. The van der Waals surface area contributed by atoms with Gasteiger partial charge in [-0.2, -0.15) is 0 Å². The summed E-state index contributed by atoms with van der Waals surface area (Å²) < 4.78 is 0. The fourth-order valence-electron chi connectivity index (χ4n) is 1.91. The van der Waals surface area contributed by atoms with E-state index in [-0.39, 0.29) is 23.7 Å². The molecule has 4 nitrogen and oxygen atoms in total. The van der Waals surface area contributed by atoms with E-state index in [0.29, 0.717) is 13.0 Å². The minimum absolute atomic E-state index is 0. The Hall–Kier alpha value is -0.650. The van der Waals surface area contributed by atoms with Gasteiger partial charge < -0.3 is 11.1 Å². The molecule has 0 aliphatic rings. The van der Waals surface area contributed by atoms with Crippen LogP contribution in [-0.4, -0.2) is 23.0 Å². The van der Waals surface area contributed by atoms with Crippen molar-refractivity contribution in [3.63, 3.8) is 0 Å². The van der Waals surface area contributed by atoms with Crippen LogP contribution >= 0.6 is 23.7 Å². The average Bonchev–Trinajstić information content (AvgIpc) is 2.77. The molecule has 0 aromatic carbocycles. The maximum absolute atomic E-state index is 12.0. The number of nitrogens with two attached hydrogens (primary N) is 1. The summed E-state index contributed by atoms with van der Waals surface area (Å²) in [5.41, 5.74) is 6.34. The normalized spacial score (nSPS) is 14.2. The molecule has 0 fully saturated rings. The smallest absolute Gasteiger partial charge is 0.239 e. The zero-order valence-corrected chi connectivity index (χ0v) is 15.3. The highest BCUT2D eigenvalue weighted by molar-refractivity contribution is 7.09. The van der Waals surface area contributed by atoms with Crippen LogP contribution in [0.4, 0.5) is 0 Å². The lowest BCUT2D eigenvalue weighted by Crippen LogP contribution is -2.51. The number of hydrogen-bond acceptors (Lipinski definition) is 4. The second-order valence-corrected chi connectivity index (χ2v) is 7.43. The maximum Gasteiger partial charge on any atom is 0.239 e. The summed E-state index contributed by atoms with van der Waals surface area (Å²) in [4.78, 5) is 16.6. The van der Waals surface area contributed by atoms with Crippen LogP contribution in [0.3, 0.4) is 0 Å². The molecule has 0 bridgehead atoms. The summed E-state index contributed by atoms with van der Waals surface area (Å²) >= 11 is 1.68. The summed E-state index contributed by atoms with van der Waals surface area (Å²) in [6, 6.07) is 0. The Morgan fingerprint density at radius 1 is 1.38 bits per heavy atom. The van der Waals surface area contributed by atoms with Gasteiger partial charge in [0.2, 0.25) is 5.91 Å². The summed E-state index contributed by atoms with van der Waals surface area (Å²) in [5, 5.41) is 6.11. The van der Waals surface area contributed by atoms with Crippen molar-refractivity contribution in [2.45, 2.75) is 64.8 Å². The predicted octanol–water partition coefficient (Wildman–Crippen LogP) is 3.04. The van der Waals surface area contributed by atoms with Gasteiger partial charge in [0, 0.05) is 23.8 Å². The number of nitrogens with zero attached hydrogens (tertiary/aromatic N) is 1. The molecule has 1 aromatic rings. The molecule has 0 spiro atoms. The molecule has 0 aliphatic carbocycles. The van der Waals surface area contributed by atoms with Crippen LogP contribution in [0.2, 0.25) is 0 Å². The van der Waals surface area contributed by atoms with Gasteiger partial charge in [-0.05, 0) is 13.3 Å². The number of carbonyl (C=O) groups excluding carboxylic acids is 1. The van der Waals surface area contributed by atoms with Crippen LogP contribution in [-0.2, 0) is 16.6 Å². The van der Waals surface area contributed by atoms with E-state index in [2.05, 4.69) is 36.5 Å². The van der Waals surface area contributed by atoms with Crippen molar-refractivity contribution in [3.8, 4) is 0 Å². The third-order valence-electron chi connectivity index (χ3n) is 3.15. The number of halogens is 1. The van der Waals surface area contributed by atoms with Crippen molar-refractivity contribution in [2.75, 3.05) is 6.54 Å². The van der Waals surface area contributed by atoms with Crippen molar-refractivity contribution in [2.24, 2.45) is 5.73 Å². The first-order valence-corrected chi connectivity index (χ1v) is 8.07. The van der Waals surface area contributed by atoms with Gasteiger partial charge in [0.15, 0.2) is 0 Å². The van der Waals surface area contributed by atoms with Gasteiger partial charge in [-0.15, -0.1) is 23.7 Å². The average molecular weight is 334 g/mol. The fourth-order valence-corrected chi connectivity index (χ4v) is 2.85. The zero-order chi connectivity index (χ0) is 15.4. The zero-order valence-electron chi connectivity index (χ0n) is 13.7. The first kappa shape index (κ1) is 20.3. The minimum atomic E-state index is -0.770. The molecule has 1 aromatic heterocycles. The highest BCUT2D eigenvalue weighted by Gasteiger charge is 2.26. The van der Waals surface area contributed by atoms with Crippen LogP contribution in [0.1, 0.15) is 58.2 Å². The summed E-state index contributed by atoms with van der Waals surface area (Å²) in [6.45, 7) is 10.9. The molecule has 0 radical (unpaired) electrons. The van der Waals surface area contributed by atoms with Crippen LogP contribution in [0.25, 0.3) is 0 Å². The number of carbonyl (C=O) groups is 1. The molecule has 1 amide bonds. The number of amides is 1. The Balaban J connectivity index is 0.00000400. The van der Waals surface area contributed by atoms with Gasteiger partial charge in [-0.1, -0.05) is 34.1 Å². The molecule has 0 aliphatic heterocycles. The van der Waals surface area contributed by atoms with E-state index >= 15 is 0 Å². The van der Waals surface area contributed by atoms with Crippen LogP contribution in [0.5, 0.6) is 0 Å². The summed E-state index contributed by atoms with van der Waals surface area (Å²) in [6.07, 6.45) is 2.35. The molecule has 1 atom stereocenters. The Kier molecular flexibility index (Phi) is 7.86. The lowest BCUT2D eigenvalue weighted by atomic mass is 9.96. The van der Waals surface area contributed by atoms with E-state index in [1.165, 1.54) is 0 Å². The second kappa shape index (κ2) is 8.11. The van der Waals surface area contributed by atoms with E-state index < -0.39 is 5.54 Å². The molecule has 0 saturated heterocycles. The Labute approximate surface area is 138 Å². The van der Waals surface area contributed by atoms with Gasteiger partial charge in [-0.25, -0.2) is 4.98 Å². The SMILES string of the molecule is CCCC(C)(N)C(=O)NCCc1csc(C(C)(C)C)n1.Cl. The third kappa shape index (κ3) is 6.32. The standard InChI is InChI=1S/C15H27N3OS.ClH/c1-6-8-15(5,16)12(19)17-9-7-11-10-20-13(18-11)14(2,3)4;/h10H,6-9,16H2,1-5H3,(H,17,19);1H. The maximum atomic E-state index is 12.0. The number of aromatic nitrogens is 1. The molecule has 122 valence electrons. The largest absolute Gasteiger partial charge is 0.354 e. The van der Waals surface area contributed by atoms with Crippen molar-refractivity contribution >= 4 is 29.7 Å². The fraction of sp³-hybridized carbons (Fsp3) is 0.733. The molecule has 1 unspecified atom stereocenters.